The van der Waals surface area contributed by atoms with Crippen LogP contribution in [0.1, 0.15) is 24.5 Å². The number of methoxy groups -OCH3 is 2. The Morgan fingerprint density at radius 1 is 1.23 bits per heavy atom. The summed E-state index contributed by atoms with van der Waals surface area (Å²) in [6, 6.07) is 4.13. The molecule has 26 heavy (non-hydrogen) atoms. The lowest BCUT2D eigenvalue weighted by Crippen LogP contribution is -2.37. The van der Waals surface area contributed by atoms with Crippen LogP contribution in [0, 0.1) is 0 Å². The Morgan fingerprint density at radius 2 is 2.08 bits per heavy atom. The van der Waals surface area contributed by atoms with Gasteiger partial charge in [-0.1, -0.05) is 0 Å². The summed E-state index contributed by atoms with van der Waals surface area (Å²) in [7, 11) is 5.12. The van der Waals surface area contributed by atoms with Gasteiger partial charge in [-0.05, 0) is 25.5 Å². The van der Waals surface area contributed by atoms with Crippen molar-refractivity contribution >= 4 is 5.96 Å². The highest BCUT2D eigenvalue weighted by Crippen LogP contribution is 2.34. The second-order valence-corrected chi connectivity index (χ2v) is 6.22. The second-order valence-electron chi connectivity index (χ2n) is 6.22. The van der Waals surface area contributed by atoms with E-state index in [1.54, 1.807) is 21.3 Å². The highest BCUT2D eigenvalue weighted by molar-refractivity contribution is 5.79. The van der Waals surface area contributed by atoms with Crippen LogP contribution >= 0.6 is 0 Å². The molecule has 1 aliphatic heterocycles. The molecule has 0 aromatic heterocycles. The Bertz CT molecular complexity index is 592. The number of rotatable bonds is 10. The summed E-state index contributed by atoms with van der Waals surface area (Å²) >= 11 is 0. The number of nitrogens with one attached hydrogen (secondary N) is 2. The molecule has 1 aromatic carbocycles. The van der Waals surface area contributed by atoms with Crippen molar-refractivity contribution in [2.24, 2.45) is 4.99 Å². The Hall–Kier alpha value is -1.99. The van der Waals surface area contributed by atoms with Crippen molar-refractivity contribution in [3.8, 4) is 11.5 Å². The summed E-state index contributed by atoms with van der Waals surface area (Å²) in [6.07, 6.45) is 2.05. The van der Waals surface area contributed by atoms with Crippen LogP contribution in [-0.4, -0.2) is 59.7 Å². The van der Waals surface area contributed by atoms with Gasteiger partial charge in [0.25, 0.3) is 0 Å². The first-order chi connectivity index (χ1) is 12.7. The maximum Gasteiger partial charge on any atom is 0.191 e. The first-order valence-corrected chi connectivity index (χ1v) is 9.05. The third-order valence-corrected chi connectivity index (χ3v) is 4.16. The van der Waals surface area contributed by atoms with E-state index in [0.29, 0.717) is 26.4 Å². The standard InChI is InChI=1S/C19H31N3O4/c1-14-10-15-11-17(24-4)16(12-18(15)26-14)13-22-19(20-2)21-6-5-7-25-9-8-23-3/h11-12,14H,5-10,13H2,1-4H3,(H2,20,21,22). The van der Waals surface area contributed by atoms with Crippen molar-refractivity contribution in [2.45, 2.75) is 32.4 Å². The van der Waals surface area contributed by atoms with Crippen LogP contribution in [0.2, 0.25) is 0 Å². The van der Waals surface area contributed by atoms with E-state index >= 15 is 0 Å². The minimum absolute atomic E-state index is 0.221. The minimum Gasteiger partial charge on any atom is -0.496 e. The van der Waals surface area contributed by atoms with E-state index in [1.807, 2.05) is 0 Å². The number of hydrogen-bond acceptors (Lipinski definition) is 5. The molecule has 0 amide bonds. The molecule has 1 aliphatic rings. The molecule has 2 rings (SSSR count). The summed E-state index contributed by atoms with van der Waals surface area (Å²) in [5.41, 5.74) is 2.25. The Balaban J connectivity index is 1.78. The van der Waals surface area contributed by atoms with E-state index in [2.05, 4.69) is 34.7 Å². The molecule has 0 saturated heterocycles. The van der Waals surface area contributed by atoms with Crippen LogP contribution < -0.4 is 20.1 Å². The number of fused-ring (bicyclic) bond motifs is 1. The molecule has 0 radical (unpaired) electrons. The predicted octanol–water partition coefficient (Wildman–Crippen LogP) is 1.74. The van der Waals surface area contributed by atoms with Crippen LogP contribution in [0.15, 0.2) is 17.1 Å². The molecule has 0 saturated carbocycles. The molecule has 1 heterocycles. The number of benzene rings is 1. The van der Waals surface area contributed by atoms with Crippen LogP contribution in [0.5, 0.6) is 11.5 Å². The third-order valence-electron chi connectivity index (χ3n) is 4.16. The molecule has 7 heteroatoms. The van der Waals surface area contributed by atoms with Gasteiger partial charge >= 0.3 is 0 Å². The molecule has 1 unspecified atom stereocenters. The number of hydrogen-bond donors (Lipinski definition) is 2. The van der Waals surface area contributed by atoms with E-state index < -0.39 is 0 Å². The Morgan fingerprint density at radius 3 is 2.81 bits per heavy atom. The lowest BCUT2D eigenvalue weighted by Gasteiger charge is -2.15. The maximum absolute atomic E-state index is 5.85. The number of nitrogens with zero attached hydrogens (tertiary/aromatic N) is 1. The third kappa shape index (κ3) is 6.07. The zero-order chi connectivity index (χ0) is 18.8. The van der Waals surface area contributed by atoms with Crippen molar-refractivity contribution in [1.29, 1.82) is 0 Å². The fourth-order valence-corrected chi connectivity index (χ4v) is 2.83. The largest absolute Gasteiger partial charge is 0.496 e. The molecular weight excluding hydrogens is 334 g/mol. The SMILES string of the molecule is CN=C(NCCCOCCOC)NCc1cc2c(cc1OC)CC(C)O2. The maximum atomic E-state index is 5.85. The first kappa shape index (κ1) is 20.3. The summed E-state index contributed by atoms with van der Waals surface area (Å²) in [6.45, 7) is 5.42. The average molecular weight is 365 g/mol. The van der Waals surface area contributed by atoms with Gasteiger partial charge in [0.05, 0.1) is 20.3 Å². The fourth-order valence-electron chi connectivity index (χ4n) is 2.83. The second kappa shape index (κ2) is 10.9. The van der Waals surface area contributed by atoms with Crippen LogP contribution in [0.25, 0.3) is 0 Å². The van der Waals surface area contributed by atoms with Crippen LogP contribution in [0.4, 0.5) is 0 Å². The van der Waals surface area contributed by atoms with Gasteiger partial charge in [0.15, 0.2) is 5.96 Å². The number of aliphatic imine (C=N–C) groups is 1. The molecule has 1 atom stereocenters. The van der Waals surface area contributed by atoms with E-state index in [4.69, 9.17) is 18.9 Å². The topological polar surface area (TPSA) is 73.3 Å². The van der Waals surface area contributed by atoms with Gasteiger partial charge in [-0.15, -0.1) is 0 Å². The van der Waals surface area contributed by atoms with E-state index in [1.165, 1.54) is 5.56 Å². The normalized spacial score (nSPS) is 16.2. The quantitative estimate of drug-likeness (QED) is 0.374. The van der Waals surface area contributed by atoms with Crippen molar-refractivity contribution in [3.05, 3.63) is 23.3 Å². The van der Waals surface area contributed by atoms with Gasteiger partial charge in [0.2, 0.25) is 0 Å². The fraction of sp³-hybridized carbons (Fsp3) is 0.632. The summed E-state index contributed by atoms with van der Waals surface area (Å²) in [5, 5.41) is 6.60. The molecule has 0 fully saturated rings. The molecule has 0 spiro atoms. The van der Waals surface area contributed by atoms with Gasteiger partial charge in [-0.25, -0.2) is 0 Å². The lowest BCUT2D eigenvalue weighted by molar-refractivity contribution is 0.0698. The molecule has 7 nitrogen and oxygen atoms in total. The molecule has 146 valence electrons. The summed E-state index contributed by atoms with van der Waals surface area (Å²) in [5.74, 6) is 2.57. The van der Waals surface area contributed by atoms with Crippen molar-refractivity contribution in [3.63, 3.8) is 0 Å². The lowest BCUT2D eigenvalue weighted by atomic mass is 10.1. The van der Waals surface area contributed by atoms with E-state index in [9.17, 15) is 0 Å². The van der Waals surface area contributed by atoms with Gasteiger partial charge in [0, 0.05) is 51.4 Å². The van der Waals surface area contributed by atoms with Crippen LogP contribution in [0.3, 0.4) is 0 Å². The summed E-state index contributed by atoms with van der Waals surface area (Å²) < 4.78 is 21.8. The first-order valence-electron chi connectivity index (χ1n) is 9.05. The highest BCUT2D eigenvalue weighted by Gasteiger charge is 2.21. The number of ether oxygens (including phenoxy) is 4. The van der Waals surface area contributed by atoms with Crippen molar-refractivity contribution in [2.75, 3.05) is 47.6 Å². The van der Waals surface area contributed by atoms with Gasteiger partial charge in [-0.2, -0.15) is 0 Å². The molecule has 2 N–H and O–H groups in total. The van der Waals surface area contributed by atoms with E-state index in [0.717, 1.165) is 42.4 Å². The zero-order valence-corrected chi connectivity index (χ0v) is 16.3. The molecular formula is C19H31N3O4. The van der Waals surface area contributed by atoms with Crippen molar-refractivity contribution in [1.82, 2.24) is 10.6 Å². The Kier molecular flexibility index (Phi) is 8.50. The minimum atomic E-state index is 0.221. The Labute approximate surface area is 156 Å². The van der Waals surface area contributed by atoms with Gasteiger partial charge in [0.1, 0.15) is 17.6 Å². The highest BCUT2D eigenvalue weighted by atomic mass is 16.5. The zero-order valence-electron chi connectivity index (χ0n) is 16.3. The van der Waals surface area contributed by atoms with Crippen LogP contribution in [-0.2, 0) is 22.4 Å². The number of guanidine groups is 1. The molecule has 0 bridgehead atoms. The van der Waals surface area contributed by atoms with Crippen molar-refractivity contribution < 1.29 is 18.9 Å². The molecule has 1 aromatic rings. The summed E-state index contributed by atoms with van der Waals surface area (Å²) in [4.78, 5) is 4.25. The van der Waals surface area contributed by atoms with E-state index in [-0.39, 0.29) is 6.10 Å². The predicted molar refractivity (Wildman–Crippen MR) is 102 cm³/mol. The van der Waals surface area contributed by atoms with Gasteiger partial charge < -0.3 is 29.6 Å². The molecule has 0 aliphatic carbocycles. The van der Waals surface area contributed by atoms with Gasteiger partial charge in [-0.3, -0.25) is 4.99 Å². The average Bonchev–Trinajstić information content (AvgIpc) is 3.01. The monoisotopic (exact) mass is 365 g/mol. The smallest absolute Gasteiger partial charge is 0.191 e.